The Kier molecular flexibility index (Phi) is 4.74. The van der Waals surface area contributed by atoms with Gasteiger partial charge in [0.15, 0.2) is 0 Å². The van der Waals surface area contributed by atoms with Crippen LogP contribution in [0.4, 0.5) is 0 Å². The molecule has 2 aliphatic rings. The maximum absolute atomic E-state index is 12.1. The number of rotatable bonds is 4. The second-order valence-corrected chi connectivity index (χ2v) is 8.30. The lowest BCUT2D eigenvalue weighted by molar-refractivity contribution is 0.0588. The first kappa shape index (κ1) is 18.5. The molecular formula is C17H22N6O3S. The van der Waals surface area contributed by atoms with Crippen LogP contribution in [0.3, 0.4) is 0 Å². The smallest absolute Gasteiger partial charge is 0.238 e. The first-order chi connectivity index (χ1) is 12.9. The normalized spacial score (nSPS) is 23.8. The number of nitrogens with one attached hydrogen (secondary N) is 5. The van der Waals surface area contributed by atoms with Gasteiger partial charge in [0, 0.05) is 12.1 Å². The van der Waals surface area contributed by atoms with Crippen LogP contribution in [0.1, 0.15) is 23.7 Å². The summed E-state index contributed by atoms with van der Waals surface area (Å²) in [7, 11) is -3.92. The molecule has 0 bridgehead atoms. The van der Waals surface area contributed by atoms with Crippen molar-refractivity contribution in [3.8, 4) is 11.1 Å². The number of nitrogens with two attached hydrogens (primary N) is 1. The summed E-state index contributed by atoms with van der Waals surface area (Å²) in [6.45, 7) is 1.30. The standard InChI is InChI=1S/C17H22N6O3S/c18-27(25,26)14-3-1-2-13(15(14)16-20-22-23-21-16)11-4-6-12(7-5-11)17(24)8-9-19-10-17/h1-7,16,19-24H,8-10H2,(H2,18,25,26). The molecule has 144 valence electrons. The summed E-state index contributed by atoms with van der Waals surface area (Å²) in [5, 5.41) is 19.3. The Morgan fingerprint density at radius 2 is 1.78 bits per heavy atom. The van der Waals surface area contributed by atoms with Crippen molar-refractivity contribution < 1.29 is 13.5 Å². The van der Waals surface area contributed by atoms with Gasteiger partial charge in [0.2, 0.25) is 10.0 Å². The maximum atomic E-state index is 12.1. The van der Waals surface area contributed by atoms with Gasteiger partial charge in [-0.1, -0.05) is 36.4 Å². The third kappa shape index (κ3) is 3.49. The van der Waals surface area contributed by atoms with Crippen LogP contribution in [-0.2, 0) is 15.6 Å². The van der Waals surface area contributed by atoms with E-state index in [0.29, 0.717) is 18.5 Å². The molecule has 8 N–H and O–H groups in total. The van der Waals surface area contributed by atoms with Gasteiger partial charge >= 0.3 is 0 Å². The molecule has 1 atom stereocenters. The number of primary sulfonamides is 1. The Morgan fingerprint density at radius 3 is 2.37 bits per heavy atom. The average Bonchev–Trinajstić information content (AvgIpc) is 3.33. The Morgan fingerprint density at radius 1 is 1.07 bits per heavy atom. The van der Waals surface area contributed by atoms with E-state index in [9.17, 15) is 13.5 Å². The molecule has 2 fully saturated rings. The number of β-amino-alcohol motifs (C(OH)–C–C–N with tert-alkyl or cyclic N) is 1. The highest BCUT2D eigenvalue weighted by Gasteiger charge is 2.33. The highest BCUT2D eigenvalue weighted by molar-refractivity contribution is 7.89. The van der Waals surface area contributed by atoms with Gasteiger partial charge in [0.05, 0.1) is 4.90 Å². The monoisotopic (exact) mass is 390 g/mol. The van der Waals surface area contributed by atoms with E-state index < -0.39 is 21.8 Å². The molecule has 0 saturated carbocycles. The summed E-state index contributed by atoms with van der Waals surface area (Å²) >= 11 is 0. The number of benzene rings is 2. The predicted octanol–water partition coefficient (Wildman–Crippen LogP) is -0.702. The minimum atomic E-state index is -3.92. The second kappa shape index (κ2) is 6.93. The molecule has 2 heterocycles. The fourth-order valence-electron chi connectivity index (χ4n) is 3.62. The van der Waals surface area contributed by atoms with E-state index in [2.05, 4.69) is 27.2 Å². The molecule has 9 nitrogen and oxygen atoms in total. The van der Waals surface area contributed by atoms with Gasteiger partial charge < -0.3 is 10.4 Å². The number of hydrogen-bond acceptors (Lipinski definition) is 8. The van der Waals surface area contributed by atoms with Crippen LogP contribution in [-0.4, -0.2) is 26.6 Å². The zero-order chi connectivity index (χ0) is 19.1. The molecule has 2 aromatic rings. The number of hydrogen-bond donors (Lipinski definition) is 7. The van der Waals surface area contributed by atoms with Crippen LogP contribution in [0, 0.1) is 0 Å². The van der Waals surface area contributed by atoms with Gasteiger partial charge in [0.25, 0.3) is 0 Å². The van der Waals surface area contributed by atoms with Crippen molar-refractivity contribution in [1.82, 2.24) is 27.2 Å². The minimum Gasteiger partial charge on any atom is -0.384 e. The third-order valence-electron chi connectivity index (χ3n) is 5.02. The molecule has 2 aromatic carbocycles. The molecule has 2 aliphatic heterocycles. The zero-order valence-corrected chi connectivity index (χ0v) is 15.3. The largest absolute Gasteiger partial charge is 0.384 e. The average molecular weight is 390 g/mol. The van der Waals surface area contributed by atoms with Crippen molar-refractivity contribution in [2.45, 2.75) is 23.1 Å². The number of sulfonamides is 1. The van der Waals surface area contributed by atoms with Crippen molar-refractivity contribution in [3.63, 3.8) is 0 Å². The molecule has 2 saturated heterocycles. The van der Waals surface area contributed by atoms with Crippen LogP contribution in [0.2, 0.25) is 0 Å². The van der Waals surface area contributed by atoms with Gasteiger partial charge in [0.1, 0.15) is 11.8 Å². The molecule has 0 aliphatic carbocycles. The van der Waals surface area contributed by atoms with E-state index in [1.807, 2.05) is 30.3 Å². The van der Waals surface area contributed by atoms with Crippen LogP contribution in [0.25, 0.3) is 11.1 Å². The van der Waals surface area contributed by atoms with Crippen LogP contribution in [0.15, 0.2) is 47.4 Å². The van der Waals surface area contributed by atoms with Gasteiger partial charge in [-0.3, -0.25) is 0 Å². The highest BCUT2D eigenvalue weighted by Crippen LogP contribution is 2.34. The van der Waals surface area contributed by atoms with Gasteiger partial charge in [-0.05, 0) is 35.7 Å². The van der Waals surface area contributed by atoms with Crippen molar-refractivity contribution in [1.29, 1.82) is 0 Å². The van der Waals surface area contributed by atoms with Gasteiger partial charge in [-0.2, -0.15) is 11.1 Å². The Balaban J connectivity index is 1.79. The fraction of sp³-hybridized carbons (Fsp3) is 0.294. The van der Waals surface area contributed by atoms with E-state index >= 15 is 0 Å². The zero-order valence-electron chi connectivity index (χ0n) is 14.5. The van der Waals surface area contributed by atoms with E-state index in [-0.39, 0.29) is 4.90 Å². The van der Waals surface area contributed by atoms with Crippen LogP contribution in [0.5, 0.6) is 0 Å². The van der Waals surface area contributed by atoms with E-state index in [1.165, 1.54) is 6.07 Å². The summed E-state index contributed by atoms with van der Waals surface area (Å²) < 4.78 is 24.2. The molecule has 10 heteroatoms. The second-order valence-electron chi connectivity index (χ2n) is 6.77. The molecule has 0 spiro atoms. The predicted molar refractivity (Wildman–Crippen MR) is 99.9 cm³/mol. The van der Waals surface area contributed by atoms with Crippen LogP contribution < -0.4 is 32.4 Å². The van der Waals surface area contributed by atoms with Crippen LogP contribution >= 0.6 is 0 Å². The number of hydrazine groups is 3. The van der Waals surface area contributed by atoms with Crippen molar-refractivity contribution in [2.75, 3.05) is 13.1 Å². The lowest BCUT2D eigenvalue weighted by atomic mass is 9.90. The van der Waals surface area contributed by atoms with E-state index in [1.54, 1.807) is 6.07 Å². The molecule has 4 rings (SSSR count). The topological polar surface area (TPSA) is 141 Å². The van der Waals surface area contributed by atoms with Gasteiger partial charge in [-0.15, -0.1) is 0 Å². The highest BCUT2D eigenvalue weighted by atomic mass is 32.2. The summed E-state index contributed by atoms with van der Waals surface area (Å²) in [6.07, 6.45) is 0.156. The van der Waals surface area contributed by atoms with Crippen molar-refractivity contribution in [3.05, 3.63) is 53.6 Å². The maximum Gasteiger partial charge on any atom is 0.238 e. The SMILES string of the molecule is NS(=O)(=O)c1cccc(-c2ccc(C3(O)CCNC3)cc2)c1C1NNNN1. The van der Waals surface area contributed by atoms with E-state index in [0.717, 1.165) is 23.2 Å². The summed E-state index contributed by atoms with van der Waals surface area (Å²) in [5.41, 5.74) is 13.2. The quantitative estimate of drug-likeness (QED) is 0.363. The molecule has 1 unspecified atom stereocenters. The first-order valence-electron chi connectivity index (χ1n) is 8.59. The third-order valence-corrected chi connectivity index (χ3v) is 5.99. The molecule has 0 amide bonds. The first-order valence-corrected chi connectivity index (χ1v) is 10.1. The lowest BCUT2D eigenvalue weighted by Gasteiger charge is -2.23. The summed E-state index contributed by atoms with van der Waals surface area (Å²) in [4.78, 5) is 0.0400. The van der Waals surface area contributed by atoms with Crippen molar-refractivity contribution >= 4 is 10.0 Å². The Labute approximate surface area is 157 Å². The minimum absolute atomic E-state index is 0.0400. The Bertz CT molecular complexity index is 936. The molecule has 27 heavy (non-hydrogen) atoms. The van der Waals surface area contributed by atoms with E-state index in [4.69, 9.17) is 5.14 Å². The molecule has 0 aromatic heterocycles. The molecular weight excluding hydrogens is 368 g/mol. The van der Waals surface area contributed by atoms with Crippen molar-refractivity contribution in [2.24, 2.45) is 5.14 Å². The fourth-order valence-corrected chi connectivity index (χ4v) is 4.43. The summed E-state index contributed by atoms with van der Waals surface area (Å²) in [6, 6.07) is 12.5. The number of aliphatic hydroxyl groups is 1. The van der Waals surface area contributed by atoms with Gasteiger partial charge in [-0.25, -0.2) is 24.4 Å². The molecule has 0 radical (unpaired) electrons. The summed E-state index contributed by atoms with van der Waals surface area (Å²) in [5.74, 6) is 0. The Hall–Kier alpha value is -1.89. The lowest BCUT2D eigenvalue weighted by Crippen LogP contribution is -2.33.